The van der Waals surface area contributed by atoms with Crippen molar-refractivity contribution in [3.05, 3.63) is 23.8 Å². The highest BCUT2D eigenvalue weighted by atomic mass is 15.3. The first-order chi connectivity index (χ1) is 8.08. The van der Waals surface area contributed by atoms with Crippen molar-refractivity contribution in [2.75, 3.05) is 36.8 Å². The lowest BCUT2D eigenvalue weighted by Crippen LogP contribution is -2.49. The molecule has 1 aliphatic heterocycles. The lowest BCUT2D eigenvalue weighted by Gasteiger charge is -2.38. The maximum absolute atomic E-state index is 5.79. The van der Waals surface area contributed by atoms with Gasteiger partial charge in [0.1, 0.15) is 0 Å². The molecule has 2 rings (SSSR count). The Hall–Kier alpha value is -1.22. The van der Waals surface area contributed by atoms with E-state index >= 15 is 0 Å². The predicted molar refractivity (Wildman–Crippen MR) is 74.5 cm³/mol. The highest BCUT2D eigenvalue weighted by molar-refractivity contribution is 5.59. The monoisotopic (exact) mass is 233 g/mol. The number of aryl methyl sites for hydroxylation is 1. The molecule has 17 heavy (non-hydrogen) atoms. The summed E-state index contributed by atoms with van der Waals surface area (Å²) in [6, 6.07) is 6.86. The molecule has 0 unspecified atom stereocenters. The second-order valence-corrected chi connectivity index (χ2v) is 5.16. The molecule has 1 aromatic rings. The van der Waals surface area contributed by atoms with Crippen LogP contribution in [0.4, 0.5) is 11.4 Å². The third-order valence-electron chi connectivity index (χ3n) is 3.61. The van der Waals surface area contributed by atoms with Gasteiger partial charge in [0.15, 0.2) is 0 Å². The van der Waals surface area contributed by atoms with E-state index in [1.807, 2.05) is 6.07 Å². The highest BCUT2D eigenvalue weighted by Crippen LogP contribution is 2.23. The average molecular weight is 233 g/mol. The van der Waals surface area contributed by atoms with Crippen LogP contribution < -0.4 is 10.6 Å². The third-order valence-corrected chi connectivity index (χ3v) is 3.61. The minimum absolute atomic E-state index is 0.657. The van der Waals surface area contributed by atoms with Gasteiger partial charge >= 0.3 is 0 Å². The molecule has 0 saturated carbocycles. The first-order valence-corrected chi connectivity index (χ1v) is 6.43. The summed E-state index contributed by atoms with van der Waals surface area (Å²) in [5.74, 6) is 0. The van der Waals surface area contributed by atoms with Crippen LogP contribution in [0.25, 0.3) is 0 Å². The Labute approximate surface area is 104 Å². The van der Waals surface area contributed by atoms with E-state index in [1.165, 1.54) is 11.3 Å². The first kappa shape index (κ1) is 12.2. The zero-order chi connectivity index (χ0) is 12.4. The molecule has 1 aliphatic rings. The molecule has 2 N–H and O–H groups in total. The molecular formula is C14H23N3. The highest BCUT2D eigenvalue weighted by Gasteiger charge is 2.19. The lowest BCUT2D eigenvalue weighted by atomic mass is 10.1. The van der Waals surface area contributed by atoms with Gasteiger partial charge in [0.2, 0.25) is 0 Å². The fourth-order valence-electron chi connectivity index (χ4n) is 2.51. The Morgan fingerprint density at radius 2 is 1.76 bits per heavy atom. The van der Waals surface area contributed by atoms with E-state index in [0.29, 0.717) is 6.04 Å². The van der Waals surface area contributed by atoms with Crippen molar-refractivity contribution >= 4 is 11.4 Å². The SMILES string of the molecule is Cc1cc(N)ccc1N1CCN(C(C)C)CC1. The van der Waals surface area contributed by atoms with Crippen LogP contribution in [-0.4, -0.2) is 37.1 Å². The van der Waals surface area contributed by atoms with Crippen LogP contribution in [0, 0.1) is 6.92 Å². The molecule has 3 nitrogen and oxygen atoms in total. The molecule has 0 spiro atoms. The van der Waals surface area contributed by atoms with Crippen LogP contribution >= 0.6 is 0 Å². The second kappa shape index (κ2) is 4.96. The molecule has 94 valence electrons. The van der Waals surface area contributed by atoms with Crippen LogP contribution in [0.1, 0.15) is 19.4 Å². The fourth-order valence-corrected chi connectivity index (χ4v) is 2.51. The van der Waals surface area contributed by atoms with Crippen LogP contribution in [0.2, 0.25) is 0 Å². The van der Waals surface area contributed by atoms with Crippen molar-refractivity contribution in [3.63, 3.8) is 0 Å². The molecule has 0 aromatic heterocycles. The number of hydrogen-bond acceptors (Lipinski definition) is 3. The van der Waals surface area contributed by atoms with E-state index in [-0.39, 0.29) is 0 Å². The Morgan fingerprint density at radius 3 is 2.29 bits per heavy atom. The normalized spacial score (nSPS) is 17.8. The Bertz CT molecular complexity index is 379. The summed E-state index contributed by atoms with van der Waals surface area (Å²) in [5, 5.41) is 0. The van der Waals surface area contributed by atoms with Crippen LogP contribution in [0.3, 0.4) is 0 Å². The molecule has 0 radical (unpaired) electrons. The summed E-state index contributed by atoms with van der Waals surface area (Å²) in [5.41, 5.74) is 9.26. The summed E-state index contributed by atoms with van der Waals surface area (Å²) < 4.78 is 0. The van der Waals surface area contributed by atoms with Gasteiger partial charge in [-0.1, -0.05) is 0 Å². The first-order valence-electron chi connectivity index (χ1n) is 6.43. The minimum atomic E-state index is 0.657. The lowest BCUT2D eigenvalue weighted by molar-refractivity contribution is 0.209. The van der Waals surface area contributed by atoms with Crippen molar-refractivity contribution < 1.29 is 0 Å². The minimum Gasteiger partial charge on any atom is -0.399 e. The predicted octanol–water partition coefficient (Wildman–Crippen LogP) is 2.11. The second-order valence-electron chi connectivity index (χ2n) is 5.16. The van der Waals surface area contributed by atoms with E-state index in [0.717, 1.165) is 31.9 Å². The molecule has 0 bridgehead atoms. The molecule has 3 heteroatoms. The fraction of sp³-hybridized carbons (Fsp3) is 0.571. The number of piperazine rings is 1. The van der Waals surface area contributed by atoms with Gasteiger partial charge in [-0.15, -0.1) is 0 Å². The van der Waals surface area contributed by atoms with Crippen LogP contribution in [0.15, 0.2) is 18.2 Å². The molecule has 1 fully saturated rings. The Balaban J connectivity index is 2.05. The van der Waals surface area contributed by atoms with Gasteiger partial charge in [0.05, 0.1) is 0 Å². The number of nitrogens with zero attached hydrogens (tertiary/aromatic N) is 2. The van der Waals surface area contributed by atoms with Crippen molar-refractivity contribution in [2.45, 2.75) is 26.8 Å². The summed E-state index contributed by atoms with van der Waals surface area (Å²) in [7, 11) is 0. The standard InChI is InChI=1S/C14H23N3/c1-11(2)16-6-8-17(9-7-16)14-5-4-13(15)10-12(14)3/h4-5,10-11H,6-9,15H2,1-3H3. The number of nitrogen functional groups attached to an aromatic ring is 1. The molecular weight excluding hydrogens is 210 g/mol. The van der Waals surface area contributed by atoms with E-state index in [4.69, 9.17) is 5.73 Å². The largest absolute Gasteiger partial charge is 0.399 e. The van der Waals surface area contributed by atoms with Crippen molar-refractivity contribution in [1.82, 2.24) is 4.90 Å². The quantitative estimate of drug-likeness (QED) is 0.794. The van der Waals surface area contributed by atoms with Crippen LogP contribution in [-0.2, 0) is 0 Å². The molecule has 0 amide bonds. The molecule has 0 aliphatic carbocycles. The third kappa shape index (κ3) is 2.72. The van der Waals surface area contributed by atoms with Gasteiger partial charge in [-0.05, 0) is 44.5 Å². The summed E-state index contributed by atoms with van der Waals surface area (Å²) in [6.45, 7) is 11.2. The number of nitrogens with two attached hydrogens (primary N) is 1. The number of benzene rings is 1. The number of anilines is 2. The Kier molecular flexibility index (Phi) is 3.57. The van der Waals surface area contributed by atoms with Crippen LogP contribution in [0.5, 0.6) is 0 Å². The number of hydrogen-bond donors (Lipinski definition) is 1. The topological polar surface area (TPSA) is 32.5 Å². The number of rotatable bonds is 2. The van der Waals surface area contributed by atoms with Gasteiger partial charge in [-0.2, -0.15) is 0 Å². The van der Waals surface area contributed by atoms with E-state index in [2.05, 4.69) is 42.7 Å². The maximum Gasteiger partial charge on any atom is 0.0398 e. The molecule has 1 aromatic carbocycles. The van der Waals surface area contributed by atoms with E-state index in [9.17, 15) is 0 Å². The average Bonchev–Trinajstić information content (AvgIpc) is 2.29. The summed E-state index contributed by atoms with van der Waals surface area (Å²) in [4.78, 5) is 5.00. The molecule has 1 heterocycles. The summed E-state index contributed by atoms with van der Waals surface area (Å²) in [6.07, 6.45) is 0. The van der Waals surface area contributed by atoms with E-state index in [1.54, 1.807) is 0 Å². The maximum atomic E-state index is 5.79. The van der Waals surface area contributed by atoms with Crippen molar-refractivity contribution in [3.8, 4) is 0 Å². The van der Waals surface area contributed by atoms with Gasteiger partial charge in [-0.25, -0.2) is 0 Å². The summed E-state index contributed by atoms with van der Waals surface area (Å²) >= 11 is 0. The Morgan fingerprint density at radius 1 is 1.12 bits per heavy atom. The smallest absolute Gasteiger partial charge is 0.0398 e. The zero-order valence-electron chi connectivity index (χ0n) is 11.1. The van der Waals surface area contributed by atoms with Crippen molar-refractivity contribution in [2.24, 2.45) is 0 Å². The van der Waals surface area contributed by atoms with E-state index < -0.39 is 0 Å². The zero-order valence-corrected chi connectivity index (χ0v) is 11.1. The van der Waals surface area contributed by atoms with Crippen molar-refractivity contribution in [1.29, 1.82) is 0 Å². The van der Waals surface area contributed by atoms with Gasteiger partial charge in [0, 0.05) is 43.6 Å². The van der Waals surface area contributed by atoms with Gasteiger partial charge in [0.25, 0.3) is 0 Å². The molecule has 0 atom stereocenters. The van der Waals surface area contributed by atoms with Gasteiger partial charge < -0.3 is 10.6 Å². The molecule has 1 saturated heterocycles. The van der Waals surface area contributed by atoms with Gasteiger partial charge in [-0.3, -0.25) is 4.90 Å².